The van der Waals surface area contributed by atoms with Gasteiger partial charge < -0.3 is 14.7 Å². The predicted octanol–water partition coefficient (Wildman–Crippen LogP) is 2.35. The maximum atomic E-state index is 5.36. The van der Waals surface area contributed by atoms with Crippen molar-refractivity contribution in [3.63, 3.8) is 0 Å². The summed E-state index contributed by atoms with van der Waals surface area (Å²) in [6.45, 7) is 10.4. The van der Waals surface area contributed by atoms with Gasteiger partial charge in [0.05, 0.1) is 6.54 Å². The number of hydrogen-bond acceptors (Lipinski definition) is 6. The maximum absolute atomic E-state index is 5.36. The normalized spacial score (nSPS) is 17.7. The summed E-state index contributed by atoms with van der Waals surface area (Å²) in [6.07, 6.45) is 0.830. The molecule has 0 radical (unpaired) electrons. The second-order valence-corrected chi connectivity index (χ2v) is 7.65. The van der Waals surface area contributed by atoms with Gasteiger partial charge in [-0.2, -0.15) is 4.98 Å². The van der Waals surface area contributed by atoms with Gasteiger partial charge in [-0.05, 0) is 18.5 Å². The standard InChI is InChI=1S/C20H31N5O/c1-16(2)13-20-22-19(23-26-20)14-21-18(17-7-5-4-6-8-17)15-25-11-9-24(3)10-12-25/h4-8,16,18,21H,9-15H2,1-3H3. The van der Waals surface area contributed by atoms with Crippen LogP contribution in [0, 0.1) is 5.92 Å². The van der Waals surface area contributed by atoms with Crippen molar-refractivity contribution in [1.29, 1.82) is 0 Å². The molecule has 1 atom stereocenters. The van der Waals surface area contributed by atoms with Crippen LogP contribution >= 0.6 is 0 Å². The molecule has 142 valence electrons. The second kappa shape index (κ2) is 9.26. The van der Waals surface area contributed by atoms with Crippen LogP contribution in [-0.2, 0) is 13.0 Å². The zero-order valence-electron chi connectivity index (χ0n) is 16.2. The largest absolute Gasteiger partial charge is 0.339 e. The molecule has 0 aliphatic carbocycles. The first-order valence-corrected chi connectivity index (χ1v) is 9.61. The fourth-order valence-electron chi connectivity index (χ4n) is 3.27. The third-order valence-electron chi connectivity index (χ3n) is 4.84. The molecule has 1 aliphatic heterocycles. The Hall–Kier alpha value is -1.76. The lowest BCUT2D eigenvalue weighted by molar-refractivity contribution is 0.141. The minimum absolute atomic E-state index is 0.256. The Balaban J connectivity index is 1.61. The fraction of sp³-hybridized carbons (Fsp3) is 0.600. The van der Waals surface area contributed by atoms with Crippen molar-refractivity contribution in [3.05, 3.63) is 47.6 Å². The molecule has 1 fully saturated rings. The number of likely N-dealkylation sites (N-methyl/N-ethyl adjacent to an activating group) is 1. The molecule has 1 N–H and O–H groups in total. The summed E-state index contributed by atoms with van der Waals surface area (Å²) in [5, 5.41) is 7.76. The van der Waals surface area contributed by atoms with Gasteiger partial charge in [-0.3, -0.25) is 4.90 Å². The third kappa shape index (κ3) is 5.62. The Morgan fingerprint density at radius 2 is 1.85 bits per heavy atom. The molecule has 0 spiro atoms. The van der Waals surface area contributed by atoms with E-state index in [4.69, 9.17) is 4.52 Å². The lowest BCUT2D eigenvalue weighted by Gasteiger charge is -2.35. The summed E-state index contributed by atoms with van der Waals surface area (Å²) in [4.78, 5) is 9.43. The zero-order chi connectivity index (χ0) is 18.4. The molecule has 1 aromatic carbocycles. The average Bonchev–Trinajstić information content (AvgIpc) is 3.07. The van der Waals surface area contributed by atoms with Crippen molar-refractivity contribution in [2.45, 2.75) is 32.9 Å². The van der Waals surface area contributed by atoms with Crippen molar-refractivity contribution in [2.24, 2.45) is 5.92 Å². The van der Waals surface area contributed by atoms with Crippen LogP contribution < -0.4 is 5.32 Å². The van der Waals surface area contributed by atoms with Gasteiger partial charge >= 0.3 is 0 Å². The van der Waals surface area contributed by atoms with E-state index in [2.05, 4.69) is 76.5 Å². The number of nitrogens with one attached hydrogen (secondary N) is 1. The molecular formula is C20H31N5O. The van der Waals surface area contributed by atoms with Crippen LogP contribution in [0.5, 0.6) is 0 Å². The first-order valence-electron chi connectivity index (χ1n) is 9.61. The Morgan fingerprint density at radius 1 is 1.12 bits per heavy atom. The molecule has 0 saturated carbocycles. The molecule has 6 nitrogen and oxygen atoms in total. The van der Waals surface area contributed by atoms with Crippen molar-refractivity contribution >= 4 is 0 Å². The molecular weight excluding hydrogens is 326 g/mol. The van der Waals surface area contributed by atoms with Crippen molar-refractivity contribution < 1.29 is 4.52 Å². The highest BCUT2D eigenvalue weighted by atomic mass is 16.5. The quantitative estimate of drug-likeness (QED) is 0.783. The van der Waals surface area contributed by atoms with E-state index in [1.807, 2.05) is 0 Å². The molecule has 1 saturated heterocycles. The van der Waals surface area contributed by atoms with Crippen molar-refractivity contribution in [2.75, 3.05) is 39.8 Å². The van der Waals surface area contributed by atoms with Crippen LogP contribution in [0.15, 0.2) is 34.9 Å². The van der Waals surface area contributed by atoms with Gasteiger partial charge in [-0.1, -0.05) is 49.3 Å². The molecule has 0 bridgehead atoms. The minimum atomic E-state index is 0.256. The highest BCUT2D eigenvalue weighted by Gasteiger charge is 2.20. The molecule has 3 rings (SSSR count). The predicted molar refractivity (Wildman–Crippen MR) is 103 cm³/mol. The first kappa shape index (κ1) is 19.0. The Labute approximate surface area is 156 Å². The van der Waals surface area contributed by atoms with Gasteiger partial charge in [-0.25, -0.2) is 0 Å². The Kier molecular flexibility index (Phi) is 6.77. The highest BCUT2D eigenvalue weighted by molar-refractivity contribution is 5.19. The van der Waals surface area contributed by atoms with E-state index in [1.54, 1.807) is 0 Å². The smallest absolute Gasteiger partial charge is 0.226 e. The van der Waals surface area contributed by atoms with Gasteiger partial charge in [0.25, 0.3) is 0 Å². The van der Waals surface area contributed by atoms with Gasteiger partial charge in [0.15, 0.2) is 5.82 Å². The lowest BCUT2D eigenvalue weighted by Crippen LogP contribution is -2.47. The SMILES string of the molecule is CC(C)Cc1nc(CNC(CN2CCN(C)CC2)c2ccccc2)no1. The van der Waals surface area contributed by atoms with E-state index in [1.165, 1.54) is 5.56 Å². The van der Waals surface area contributed by atoms with E-state index in [-0.39, 0.29) is 6.04 Å². The number of rotatable bonds is 8. The van der Waals surface area contributed by atoms with E-state index in [9.17, 15) is 0 Å². The number of nitrogens with zero attached hydrogens (tertiary/aromatic N) is 4. The number of aromatic nitrogens is 2. The van der Waals surface area contributed by atoms with E-state index in [0.717, 1.165) is 50.9 Å². The highest BCUT2D eigenvalue weighted by Crippen LogP contribution is 2.16. The molecule has 1 aliphatic rings. The molecule has 26 heavy (non-hydrogen) atoms. The third-order valence-corrected chi connectivity index (χ3v) is 4.84. The monoisotopic (exact) mass is 357 g/mol. The number of hydrogen-bond donors (Lipinski definition) is 1. The summed E-state index contributed by atoms with van der Waals surface area (Å²) in [5.41, 5.74) is 1.30. The molecule has 1 aromatic heterocycles. The van der Waals surface area contributed by atoms with Crippen LogP contribution in [-0.4, -0.2) is 59.7 Å². The number of benzene rings is 1. The summed E-state index contributed by atoms with van der Waals surface area (Å²) < 4.78 is 5.36. The summed E-state index contributed by atoms with van der Waals surface area (Å²) in [5.74, 6) is 1.98. The summed E-state index contributed by atoms with van der Waals surface area (Å²) in [7, 11) is 2.19. The van der Waals surface area contributed by atoms with E-state index in [0.29, 0.717) is 12.5 Å². The fourth-order valence-corrected chi connectivity index (χ4v) is 3.27. The van der Waals surface area contributed by atoms with Gasteiger partial charge in [-0.15, -0.1) is 0 Å². The summed E-state index contributed by atoms with van der Waals surface area (Å²) in [6, 6.07) is 10.9. The van der Waals surface area contributed by atoms with Crippen LogP contribution in [0.3, 0.4) is 0 Å². The molecule has 1 unspecified atom stereocenters. The topological polar surface area (TPSA) is 57.4 Å². The van der Waals surface area contributed by atoms with Gasteiger partial charge in [0.1, 0.15) is 0 Å². The Bertz CT molecular complexity index is 649. The van der Waals surface area contributed by atoms with Crippen LogP contribution in [0.25, 0.3) is 0 Å². The van der Waals surface area contributed by atoms with Crippen molar-refractivity contribution in [1.82, 2.24) is 25.3 Å². The average molecular weight is 358 g/mol. The zero-order valence-corrected chi connectivity index (χ0v) is 16.2. The van der Waals surface area contributed by atoms with Gasteiger partial charge in [0, 0.05) is 45.2 Å². The summed E-state index contributed by atoms with van der Waals surface area (Å²) >= 11 is 0. The molecule has 2 aromatic rings. The molecule has 0 amide bonds. The second-order valence-electron chi connectivity index (χ2n) is 7.65. The minimum Gasteiger partial charge on any atom is -0.339 e. The van der Waals surface area contributed by atoms with Crippen molar-refractivity contribution in [3.8, 4) is 0 Å². The van der Waals surface area contributed by atoms with E-state index < -0.39 is 0 Å². The Morgan fingerprint density at radius 3 is 2.54 bits per heavy atom. The first-order chi connectivity index (χ1) is 12.6. The number of piperazine rings is 1. The van der Waals surface area contributed by atoms with Gasteiger partial charge in [0.2, 0.25) is 5.89 Å². The van der Waals surface area contributed by atoms with Crippen LogP contribution in [0.1, 0.15) is 37.2 Å². The van der Waals surface area contributed by atoms with E-state index >= 15 is 0 Å². The lowest BCUT2D eigenvalue weighted by atomic mass is 10.1. The molecule has 6 heteroatoms. The maximum Gasteiger partial charge on any atom is 0.226 e. The van der Waals surface area contributed by atoms with Crippen LogP contribution in [0.2, 0.25) is 0 Å². The van der Waals surface area contributed by atoms with Crippen LogP contribution in [0.4, 0.5) is 0 Å². The molecule has 2 heterocycles.